The Balaban J connectivity index is 1.21. The topological polar surface area (TPSA) is 28.7 Å². The fourth-order valence-corrected chi connectivity index (χ4v) is 7.09. The minimum Gasteiger partial charge on any atom is -0.307 e. The van der Waals surface area contributed by atoms with E-state index in [1.165, 1.54) is 42.8 Å². The Morgan fingerprint density at radius 3 is 2.05 bits per heavy atom. The van der Waals surface area contributed by atoms with E-state index in [2.05, 4.69) is 108 Å². The zero-order valence-electron chi connectivity index (χ0n) is 21.5. The van der Waals surface area contributed by atoms with Gasteiger partial charge in [-0.05, 0) is 69.8 Å². The van der Waals surface area contributed by atoms with Crippen LogP contribution in [-0.2, 0) is 0 Å². The Bertz CT molecular complexity index is 2150. The lowest BCUT2D eigenvalue weighted by Crippen LogP contribution is -2.01. The van der Waals surface area contributed by atoms with E-state index < -0.39 is 0 Å². The molecule has 40 heavy (non-hydrogen) atoms. The van der Waals surface area contributed by atoms with Gasteiger partial charge in [-0.25, -0.2) is 0 Å². The second kappa shape index (κ2) is 9.02. The lowest BCUT2D eigenvalue weighted by atomic mass is 9.94. The van der Waals surface area contributed by atoms with Crippen molar-refractivity contribution in [2.24, 2.45) is 0 Å². The second-order valence-corrected chi connectivity index (χ2v) is 11.2. The summed E-state index contributed by atoms with van der Waals surface area (Å²) in [6.45, 7) is 0. The summed E-state index contributed by atoms with van der Waals surface area (Å²) < 4.78 is 2.42. The summed E-state index contributed by atoms with van der Waals surface area (Å²) in [7, 11) is 0. The van der Waals surface area contributed by atoms with Gasteiger partial charge in [0.15, 0.2) is 0 Å². The van der Waals surface area contributed by atoms with Gasteiger partial charge in [-0.15, -0.1) is 0 Å². The third-order valence-electron chi connectivity index (χ3n) is 7.83. The summed E-state index contributed by atoms with van der Waals surface area (Å²) >= 11 is 1.85. The Labute approximate surface area is 236 Å². The van der Waals surface area contributed by atoms with Crippen LogP contribution in [0.25, 0.3) is 60.9 Å². The van der Waals surface area contributed by atoms with Crippen molar-refractivity contribution in [2.75, 3.05) is 0 Å². The van der Waals surface area contributed by atoms with E-state index in [9.17, 15) is 5.26 Å². The Kier molecular flexibility index (Phi) is 5.16. The quantitative estimate of drug-likeness (QED) is 0.229. The SMILES string of the molecule is N#Cc1cc(-c2cccc(-c3ccc4c(c3)Sc3cccc5c6ccccc6n-4c35)c2)ccc1-c1ccccc1. The van der Waals surface area contributed by atoms with E-state index in [0.29, 0.717) is 5.56 Å². The van der Waals surface area contributed by atoms with Crippen LogP contribution in [0.3, 0.4) is 0 Å². The van der Waals surface area contributed by atoms with Crippen LogP contribution < -0.4 is 0 Å². The number of hydrogen-bond donors (Lipinski definition) is 0. The number of aromatic nitrogens is 1. The normalized spacial score (nSPS) is 11.9. The molecule has 1 aliphatic heterocycles. The van der Waals surface area contributed by atoms with E-state index in [0.717, 1.165) is 27.8 Å². The van der Waals surface area contributed by atoms with Crippen molar-refractivity contribution < 1.29 is 0 Å². The van der Waals surface area contributed by atoms with Gasteiger partial charge in [0.25, 0.3) is 0 Å². The van der Waals surface area contributed by atoms with Gasteiger partial charge in [0.1, 0.15) is 0 Å². The molecular formula is C37H22N2S. The average Bonchev–Trinajstić information content (AvgIpc) is 3.37. The molecule has 7 aromatic rings. The van der Waals surface area contributed by atoms with Crippen molar-refractivity contribution >= 4 is 33.6 Å². The molecule has 3 heteroatoms. The van der Waals surface area contributed by atoms with Crippen molar-refractivity contribution in [3.63, 3.8) is 0 Å². The summed E-state index contributed by atoms with van der Waals surface area (Å²) in [6, 6.07) is 49.4. The molecule has 0 N–H and O–H groups in total. The first-order valence-electron chi connectivity index (χ1n) is 13.3. The highest BCUT2D eigenvalue weighted by atomic mass is 32.2. The predicted molar refractivity (Wildman–Crippen MR) is 166 cm³/mol. The zero-order valence-corrected chi connectivity index (χ0v) is 22.3. The van der Waals surface area contributed by atoms with Gasteiger partial charge < -0.3 is 4.57 Å². The Morgan fingerprint density at radius 2 is 1.20 bits per heavy atom. The van der Waals surface area contributed by atoms with Crippen LogP contribution in [0.1, 0.15) is 5.56 Å². The molecule has 0 atom stereocenters. The predicted octanol–water partition coefficient (Wildman–Crippen LogP) is 10.1. The first-order chi connectivity index (χ1) is 19.8. The molecule has 0 radical (unpaired) electrons. The highest BCUT2D eigenvalue weighted by molar-refractivity contribution is 7.99. The van der Waals surface area contributed by atoms with Crippen LogP contribution in [0.2, 0.25) is 0 Å². The molecule has 2 heterocycles. The van der Waals surface area contributed by atoms with E-state index >= 15 is 0 Å². The van der Waals surface area contributed by atoms with Gasteiger partial charge in [-0.3, -0.25) is 0 Å². The number of nitrogens with zero attached hydrogens (tertiary/aromatic N) is 2. The van der Waals surface area contributed by atoms with E-state index in [1.807, 2.05) is 48.2 Å². The summed E-state index contributed by atoms with van der Waals surface area (Å²) in [5.41, 5.74) is 10.9. The van der Waals surface area contributed by atoms with Crippen LogP contribution in [0.4, 0.5) is 0 Å². The first kappa shape index (κ1) is 22.9. The molecule has 1 aromatic heterocycles. The summed E-state index contributed by atoms with van der Waals surface area (Å²) in [6.07, 6.45) is 0. The highest BCUT2D eigenvalue weighted by Crippen LogP contribution is 2.47. The van der Waals surface area contributed by atoms with Gasteiger partial charge in [-0.2, -0.15) is 5.26 Å². The maximum atomic E-state index is 9.92. The molecule has 0 unspecified atom stereocenters. The van der Waals surface area contributed by atoms with Gasteiger partial charge in [-0.1, -0.05) is 109 Å². The number of para-hydroxylation sites is 2. The maximum Gasteiger partial charge on any atom is 0.0998 e. The lowest BCUT2D eigenvalue weighted by Gasteiger charge is -2.21. The molecule has 0 aliphatic carbocycles. The largest absolute Gasteiger partial charge is 0.307 e. The molecule has 0 amide bonds. The maximum absolute atomic E-state index is 9.92. The summed E-state index contributed by atoms with van der Waals surface area (Å²) in [5.74, 6) is 0. The van der Waals surface area contributed by atoms with Gasteiger partial charge in [0.05, 0.1) is 28.4 Å². The van der Waals surface area contributed by atoms with Crippen LogP contribution in [-0.4, -0.2) is 4.57 Å². The third-order valence-corrected chi connectivity index (χ3v) is 8.93. The summed E-state index contributed by atoms with van der Waals surface area (Å²) in [4.78, 5) is 2.54. The van der Waals surface area contributed by atoms with Crippen molar-refractivity contribution in [1.29, 1.82) is 5.26 Å². The first-order valence-corrected chi connectivity index (χ1v) is 14.1. The average molecular weight is 527 g/mol. The lowest BCUT2D eigenvalue weighted by molar-refractivity contribution is 1.09. The molecule has 186 valence electrons. The molecule has 6 aromatic carbocycles. The minimum atomic E-state index is 0.684. The van der Waals surface area contributed by atoms with Crippen molar-refractivity contribution in [3.05, 3.63) is 139 Å². The number of hydrogen-bond acceptors (Lipinski definition) is 2. The van der Waals surface area contributed by atoms with Crippen molar-refractivity contribution in [2.45, 2.75) is 9.79 Å². The molecule has 0 saturated carbocycles. The Morgan fingerprint density at radius 1 is 0.525 bits per heavy atom. The Hall–Kier alpha value is -5.04. The number of benzene rings is 6. The minimum absolute atomic E-state index is 0.684. The van der Waals surface area contributed by atoms with E-state index in [4.69, 9.17) is 0 Å². The number of nitriles is 1. The molecule has 0 saturated heterocycles. The summed E-state index contributed by atoms with van der Waals surface area (Å²) in [5, 5.41) is 12.5. The molecular weight excluding hydrogens is 504 g/mol. The van der Waals surface area contributed by atoms with Crippen LogP contribution in [0.5, 0.6) is 0 Å². The fourth-order valence-electron chi connectivity index (χ4n) is 5.96. The van der Waals surface area contributed by atoms with Gasteiger partial charge in [0.2, 0.25) is 0 Å². The van der Waals surface area contributed by atoms with Crippen LogP contribution in [0, 0.1) is 11.3 Å². The zero-order chi connectivity index (χ0) is 26.6. The molecule has 0 fully saturated rings. The smallest absolute Gasteiger partial charge is 0.0998 e. The monoisotopic (exact) mass is 526 g/mol. The fraction of sp³-hybridized carbons (Fsp3) is 0. The van der Waals surface area contributed by atoms with Gasteiger partial charge in [0, 0.05) is 20.6 Å². The van der Waals surface area contributed by atoms with Gasteiger partial charge >= 0.3 is 0 Å². The molecule has 2 nitrogen and oxygen atoms in total. The second-order valence-electron chi connectivity index (χ2n) is 10.1. The number of fused-ring (bicyclic) bond motifs is 5. The molecule has 0 spiro atoms. The standard InChI is InChI=1S/C37H22N2S/c38-23-29-21-27(16-18-30(29)24-8-2-1-3-9-24)25-10-6-11-26(20-25)28-17-19-34-36(22-28)40-35-15-7-13-32-31-12-4-5-14-33(31)39(34)37(32)35/h1-22H. The van der Waals surface area contributed by atoms with Crippen LogP contribution >= 0.6 is 11.8 Å². The van der Waals surface area contributed by atoms with Crippen molar-refractivity contribution in [1.82, 2.24) is 4.57 Å². The van der Waals surface area contributed by atoms with Crippen molar-refractivity contribution in [3.8, 4) is 45.1 Å². The molecule has 0 bridgehead atoms. The van der Waals surface area contributed by atoms with E-state index in [-0.39, 0.29) is 0 Å². The molecule has 8 rings (SSSR count). The number of rotatable bonds is 3. The van der Waals surface area contributed by atoms with E-state index in [1.54, 1.807) is 0 Å². The third kappa shape index (κ3) is 3.51. The van der Waals surface area contributed by atoms with Crippen LogP contribution in [0.15, 0.2) is 143 Å². The molecule has 1 aliphatic rings. The highest BCUT2D eigenvalue weighted by Gasteiger charge is 2.23.